The molecule has 11 unspecified atom stereocenters. The number of carboxylic acid groups (broad SMARTS) is 1. The summed E-state index contributed by atoms with van der Waals surface area (Å²) in [6, 6.07) is 17.9. The van der Waals surface area contributed by atoms with Crippen LogP contribution >= 0.6 is 0 Å². The number of para-hydroxylation sites is 1. The largest absolute Gasteiger partial charge is 0.478 e. The molecule has 6 aliphatic carbocycles. The third-order valence-corrected chi connectivity index (χ3v) is 17.2. The van der Waals surface area contributed by atoms with Gasteiger partial charge in [0.15, 0.2) is 0 Å². The molecule has 5 heteroatoms. The minimum absolute atomic E-state index is 0.00462. The van der Waals surface area contributed by atoms with Gasteiger partial charge in [-0.2, -0.15) is 0 Å². The molecular formula is C46H62N2O3. The maximum Gasteiger partial charge on any atom is 0.335 e. The Bertz CT molecular complexity index is 1700. The molecule has 11 atom stereocenters. The number of hydrogen-bond acceptors (Lipinski definition) is 3. The van der Waals surface area contributed by atoms with Crippen LogP contribution in [0.25, 0.3) is 5.57 Å². The van der Waals surface area contributed by atoms with Crippen LogP contribution in [0.4, 0.5) is 5.69 Å². The van der Waals surface area contributed by atoms with Crippen LogP contribution in [0.3, 0.4) is 0 Å². The normalized spacial score (nSPS) is 41.9. The van der Waals surface area contributed by atoms with Gasteiger partial charge in [0.05, 0.1) is 11.0 Å². The summed E-state index contributed by atoms with van der Waals surface area (Å²) in [5.74, 6) is 4.13. The fraction of sp³-hybridized carbons (Fsp3) is 0.652. The molecule has 5 saturated carbocycles. The molecule has 0 heterocycles. The van der Waals surface area contributed by atoms with Crippen LogP contribution in [0.1, 0.15) is 122 Å². The number of carbonyl (C=O) groups is 2. The Labute approximate surface area is 306 Å². The lowest BCUT2D eigenvalue weighted by molar-refractivity contribution is -0.226. The first-order valence-corrected chi connectivity index (χ1v) is 20.4. The summed E-state index contributed by atoms with van der Waals surface area (Å²) in [5.41, 5.74) is 4.51. The van der Waals surface area contributed by atoms with Crippen molar-refractivity contribution in [2.24, 2.45) is 68.5 Å². The number of carbonyl (C=O) groups excluding carboxylic acids is 1. The van der Waals surface area contributed by atoms with Gasteiger partial charge in [0, 0.05) is 18.8 Å². The van der Waals surface area contributed by atoms with Crippen molar-refractivity contribution < 1.29 is 14.7 Å². The van der Waals surface area contributed by atoms with E-state index in [9.17, 15) is 14.7 Å². The average Bonchev–Trinajstić information content (AvgIpc) is 3.70. The van der Waals surface area contributed by atoms with Crippen LogP contribution in [0.5, 0.6) is 0 Å². The quantitative estimate of drug-likeness (QED) is 0.241. The zero-order chi connectivity index (χ0) is 36.0. The van der Waals surface area contributed by atoms with Crippen molar-refractivity contribution in [3.8, 4) is 0 Å². The minimum atomic E-state index is -0.867. The number of fused-ring (bicyclic) bond motifs is 7. The van der Waals surface area contributed by atoms with E-state index < -0.39 is 5.97 Å². The highest BCUT2D eigenvalue weighted by Crippen LogP contribution is 2.78. The summed E-state index contributed by atoms with van der Waals surface area (Å²) < 4.78 is 0. The molecule has 0 bridgehead atoms. The summed E-state index contributed by atoms with van der Waals surface area (Å²) in [6.45, 7) is 16.8. The molecule has 1 amide bonds. The van der Waals surface area contributed by atoms with Crippen LogP contribution in [0, 0.1) is 68.5 Å². The molecule has 5 nitrogen and oxygen atoms in total. The van der Waals surface area contributed by atoms with Crippen molar-refractivity contribution >= 4 is 23.1 Å². The van der Waals surface area contributed by atoms with Crippen LogP contribution in [0.15, 0.2) is 60.7 Å². The second kappa shape index (κ2) is 12.2. The first-order valence-electron chi connectivity index (χ1n) is 20.4. The van der Waals surface area contributed by atoms with Gasteiger partial charge in [-0.05, 0) is 163 Å². The second-order valence-corrected chi connectivity index (χ2v) is 19.4. The van der Waals surface area contributed by atoms with Crippen molar-refractivity contribution in [2.75, 3.05) is 18.4 Å². The number of carboxylic acids is 1. The number of hydrogen-bond donors (Lipinski definition) is 3. The van der Waals surface area contributed by atoms with E-state index in [4.69, 9.17) is 0 Å². The molecule has 0 aliphatic heterocycles. The van der Waals surface area contributed by atoms with Crippen LogP contribution in [-0.2, 0) is 4.79 Å². The predicted octanol–water partition coefficient (Wildman–Crippen LogP) is 10.3. The molecule has 0 saturated heterocycles. The van der Waals surface area contributed by atoms with Gasteiger partial charge in [-0.1, -0.05) is 78.0 Å². The van der Waals surface area contributed by atoms with E-state index in [2.05, 4.69) is 82.5 Å². The monoisotopic (exact) mass is 690 g/mol. The van der Waals surface area contributed by atoms with Crippen molar-refractivity contribution in [3.05, 3.63) is 71.8 Å². The number of allylic oxidation sites excluding steroid dienone is 2. The summed E-state index contributed by atoms with van der Waals surface area (Å²) in [6.07, 6.45) is 14.5. The van der Waals surface area contributed by atoms with Crippen molar-refractivity contribution in [1.82, 2.24) is 5.32 Å². The average molecular weight is 691 g/mol. The van der Waals surface area contributed by atoms with Gasteiger partial charge < -0.3 is 15.7 Å². The van der Waals surface area contributed by atoms with Crippen molar-refractivity contribution in [2.45, 2.75) is 106 Å². The Morgan fingerprint density at radius 1 is 0.784 bits per heavy atom. The lowest BCUT2D eigenvalue weighted by atomic mass is 9.32. The first-order chi connectivity index (χ1) is 24.3. The smallest absolute Gasteiger partial charge is 0.335 e. The number of amides is 1. The SMILES string of the molecule is CC1CC1C1CCC2(C(=O)NCCNc3ccccc3)CCC3(C)C(CCC4C5(C)CC=C(c6ccc(C(=O)O)cc6)C(C)(C)C5CCC43C)C12. The predicted molar refractivity (Wildman–Crippen MR) is 206 cm³/mol. The highest BCUT2D eigenvalue weighted by atomic mass is 16.4. The van der Waals surface area contributed by atoms with Gasteiger partial charge in [0.2, 0.25) is 5.91 Å². The molecule has 0 radical (unpaired) electrons. The third-order valence-electron chi connectivity index (χ3n) is 17.2. The molecule has 5 fully saturated rings. The Kier molecular flexibility index (Phi) is 8.39. The highest BCUT2D eigenvalue weighted by Gasteiger charge is 2.72. The summed E-state index contributed by atoms with van der Waals surface area (Å²) in [4.78, 5) is 26.1. The molecule has 8 rings (SSSR count). The van der Waals surface area contributed by atoms with E-state index in [1.807, 2.05) is 18.2 Å². The summed E-state index contributed by atoms with van der Waals surface area (Å²) in [5, 5.41) is 16.5. The van der Waals surface area contributed by atoms with E-state index >= 15 is 0 Å². The van der Waals surface area contributed by atoms with E-state index in [-0.39, 0.29) is 27.1 Å². The Balaban J connectivity index is 1.06. The Morgan fingerprint density at radius 2 is 1.51 bits per heavy atom. The minimum Gasteiger partial charge on any atom is -0.478 e. The van der Waals surface area contributed by atoms with Crippen LogP contribution in [-0.4, -0.2) is 30.1 Å². The zero-order valence-corrected chi connectivity index (χ0v) is 32.1. The number of rotatable bonds is 8. The number of anilines is 1. The first kappa shape index (κ1) is 35.0. The molecule has 0 spiro atoms. The van der Waals surface area contributed by atoms with Crippen molar-refractivity contribution in [1.29, 1.82) is 0 Å². The molecule has 0 aromatic heterocycles. The molecule has 2 aromatic rings. The van der Waals surface area contributed by atoms with Crippen LogP contribution in [0.2, 0.25) is 0 Å². The molecule has 2 aromatic carbocycles. The lowest BCUT2D eigenvalue weighted by Gasteiger charge is -2.72. The van der Waals surface area contributed by atoms with E-state index in [0.717, 1.165) is 43.3 Å². The van der Waals surface area contributed by atoms with Crippen molar-refractivity contribution in [3.63, 3.8) is 0 Å². The van der Waals surface area contributed by atoms with Gasteiger partial charge in [-0.25, -0.2) is 4.79 Å². The Morgan fingerprint density at radius 3 is 2.20 bits per heavy atom. The van der Waals surface area contributed by atoms with Gasteiger partial charge in [0.1, 0.15) is 0 Å². The van der Waals surface area contributed by atoms with Gasteiger partial charge in [-0.3, -0.25) is 4.79 Å². The molecule has 6 aliphatic rings. The molecule has 3 N–H and O–H groups in total. The molecule has 274 valence electrons. The van der Waals surface area contributed by atoms with Crippen LogP contribution < -0.4 is 10.6 Å². The lowest BCUT2D eigenvalue weighted by Crippen LogP contribution is -2.66. The highest BCUT2D eigenvalue weighted by molar-refractivity contribution is 5.88. The number of aromatic carboxylic acids is 1. The number of nitrogens with one attached hydrogen (secondary N) is 2. The summed E-state index contributed by atoms with van der Waals surface area (Å²) in [7, 11) is 0. The Hall–Kier alpha value is -3.08. The van der Waals surface area contributed by atoms with E-state index in [0.29, 0.717) is 47.6 Å². The molecular weight excluding hydrogens is 629 g/mol. The van der Waals surface area contributed by atoms with Gasteiger partial charge in [0.25, 0.3) is 0 Å². The second-order valence-electron chi connectivity index (χ2n) is 19.4. The maximum atomic E-state index is 14.6. The standard InChI is InChI=1S/C46H62N2O3/c1-29-28-34(29)33-18-23-46(41(51)48-27-26-47-32-10-8-7-9-11-32)25-24-44(5)36(39(33)46)16-17-38-43(4)21-19-35(30-12-14-31(15-13-30)40(49)50)42(2,3)37(43)20-22-45(38,44)6/h7-15,19,29,33-34,36-39,47H,16-18,20-28H2,1-6H3,(H,48,51)(H,49,50). The van der Waals surface area contributed by atoms with E-state index in [1.54, 1.807) is 12.1 Å². The summed E-state index contributed by atoms with van der Waals surface area (Å²) >= 11 is 0. The fourth-order valence-corrected chi connectivity index (χ4v) is 14.5. The maximum absolute atomic E-state index is 14.6. The van der Waals surface area contributed by atoms with E-state index in [1.165, 1.54) is 56.1 Å². The molecule has 51 heavy (non-hydrogen) atoms. The fourth-order valence-electron chi connectivity index (χ4n) is 14.5. The topological polar surface area (TPSA) is 78.4 Å². The third kappa shape index (κ3) is 5.20. The van der Waals surface area contributed by atoms with Gasteiger partial charge in [-0.15, -0.1) is 0 Å². The van der Waals surface area contributed by atoms with Gasteiger partial charge >= 0.3 is 5.97 Å². The number of benzene rings is 2. The zero-order valence-electron chi connectivity index (χ0n) is 32.1.